The number of amides is 2. The van der Waals surface area contributed by atoms with Crippen molar-refractivity contribution in [3.05, 3.63) is 35.7 Å². The van der Waals surface area contributed by atoms with E-state index in [1.54, 1.807) is 32.0 Å². The number of anilines is 1. The number of rotatable bonds is 5. The second-order valence-electron chi connectivity index (χ2n) is 9.76. The maximum absolute atomic E-state index is 13.9. The molecule has 2 aromatic rings. The molecule has 1 aliphatic carbocycles. The van der Waals surface area contributed by atoms with Gasteiger partial charge < -0.3 is 19.5 Å². The largest absolute Gasteiger partial charge is 0.461 e. The van der Waals surface area contributed by atoms with E-state index in [2.05, 4.69) is 10.4 Å². The molecule has 1 aromatic carbocycles. The Balaban J connectivity index is 1.52. The zero-order valence-electron chi connectivity index (χ0n) is 20.7. The van der Waals surface area contributed by atoms with Crippen molar-refractivity contribution in [1.82, 2.24) is 15.1 Å². The molecule has 3 aliphatic rings. The third-order valence-electron chi connectivity index (χ3n) is 7.18. The van der Waals surface area contributed by atoms with Crippen LogP contribution in [0.5, 0.6) is 11.5 Å². The Labute approximate surface area is 209 Å². The summed E-state index contributed by atoms with van der Waals surface area (Å²) in [5.74, 6) is -0.202. The fourth-order valence-corrected chi connectivity index (χ4v) is 5.26. The zero-order valence-corrected chi connectivity index (χ0v) is 20.7. The molecule has 1 fully saturated rings. The minimum Gasteiger partial charge on any atom is -0.461 e. The van der Waals surface area contributed by atoms with Crippen molar-refractivity contribution >= 4 is 23.5 Å². The van der Waals surface area contributed by atoms with E-state index < -0.39 is 17.4 Å². The van der Waals surface area contributed by atoms with Crippen LogP contribution in [0.1, 0.15) is 79.8 Å². The highest BCUT2D eigenvalue weighted by Gasteiger charge is 2.49. The minimum absolute atomic E-state index is 0.0375. The summed E-state index contributed by atoms with van der Waals surface area (Å²) in [5.41, 5.74) is -0.537. The van der Waals surface area contributed by atoms with Crippen LogP contribution in [0.4, 0.5) is 5.69 Å². The van der Waals surface area contributed by atoms with Crippen LogP contribution in [0.2, 0.25) is 0 Å². The average Bonchev–Trinajstić information content (AvgIpc) is 3.47. The predicted octanol–water partition coefficient (Wildman–Crippen LogP) is 3.44. The number of carbonyl (C=O) groups excluding carboxylic acids is 3. The summed E-state index contributed by atoms with van der Waals surface area (Å²) >= 11 is 0. The third-order valence-corrected chi connectivity index (χ3v) is 7.18. The van der Waals surface area contributed by atoms with Crippen molar-refractivity contribution in [1.29, 1.82) is 0 Å². The van der Waals surface area contributed by atoms with Crippen LogP contribution in [0.15, 0.2) is 24.3 Å². The van der Waals surface area contributed by atoms with E-state index >= 15 is 0 Å². The monoisotopic (exact) mass is 496 g/mol. The molecule has 2 amide bonds. The van der Waals surface area contributed by atoms with Gasteiger partial charge in [0.2, 0.25) is 12.7 Å². The maximum atomic E-state index is 13.9. The number of hydrogen-bond donors (Lipinski definition) is 1. The highest BCUT2D eigenvalue weighted by molar-refractivity contribution is 6.12. The SMILES string of the molecule is CCOC(=O)c1cc2n(n1)CC(C)(C(=O)NC1CCCCCCC1)N(c1ccc3c(c1)OCO3)C2=O. The average molecular weight is 497 g/mol. The quantitative estimate of drug-likeness (QED) is 0.631. The van der Waals surface area contributed by atoms with Gasteiger partial charge in [-0.2, -0.15) is 5.10 Å². The Morgan fingerprint density at radius 2 is 1.83 bits per heavy atom. The van der Waals surface area contributed by atoms with Crippen molar-refractivity contribution < 1.29 is 28.6 Å². The first-order valence-electron chi connectivity index (χ1n) is 12.7. The molecule has 1 saturated carbocycles. The van der Waals surface area contributed by atoms with Crippen molar-refractivity contribution in [2.45, 2.75) is 76.9 Å². The molecule has 2 aliphatic heterocycles. The summed E-state index contributed by atoms with van der Waals surface area (Å²) in [7, 11) is 0. The van der Waals surface area contributed by atoms with Crippen molar-refractivity contribution in [2.75, 3.05) is 18.3 Å². The third kappa shape index (κ3) is 4.40. The summed E-state index contributed by atoms with van der Waals surface area (Å²) < 4.78 is 17.5. The summed E-state index contributed by atoms with van der Waals surface area (Å²) in [6.45, 7) is 3.82. The van der Waals surface area contributed by atoms with E-state index in [1.807, 2.05) is 0 Å². The van der Waals surface area contributed by atoms with E-state index in [0.717, 1.165) is 25.7 Å². The van der Waals surface area contributed by atoms with Crippen LogP contribution < -0.4 is 19.7 Å². The highest BCUT2D eigenvalue weighted by atomic mass is 16.7. The molecule has 36 heavy (non-hydrogen) atoms. The Kier molecular flexibility index (Phi) is 6.59. The number of aromatic nitrogens is 2. The molecule has 5 rings (SSSR count). The molecular formula is C26H32N4O6. The summed E-state index contributed by atoms with van der Waals surface area (Å²) in [5, 5.41) is 7.56. The lowest BCUT2D eigenvalue weighted by Crippen LogP contribution is -2.65. The smallest absolute Gasteiger partial charge is 0.358 e. The van der Waals surface area contributed by atoms with Crippen LogP contribution in [-0.4, -0.2) is 52.5 Å². The topological polar surface area (TPSA) is 112 Å². The van der Waals surface area contributed by atoms with Crippen LogP contribution in [0.25, 0.3) is 0 Å². The standard InChI is InChI=1S/C26H32N4O6/c1-3-34-24(32)19-14-20-23(31)30(18-11-12-21-22(13-18)36-16-35-21)26(2,15-29(20)28-19)25(33)27-17-9-7-5-4-6-8-10-17/h11-14,17H,3-10,15-16H2,1-2H3,(H,27,33). The van der Waals surface area contributed by atoms with Crippen molar-refractivity contribution in [3.8, 4) is 11.5 Å². The fraction of sp³-hybridized carbons (Fsp3) is 0.538. The number of fused-ring (bicyclic) bond motifs is 2. The molecule has 10 heteroatoms. The molecule has 0 spiro atoms. The zero-order chi connectivity index (χ0) is 25.3. The number of ether oxygens (including phenoxy) is 3. The predicted molar refractivity (Wildman–Crippen MR) is 130 cm³/mol. The normalized spacial score (nSPS) is 21.9. The number of hydrogen-bond acceptors (Lipinski definition) is 7. The lowest BCUT2D eigenvalue weighted by Gasteiger charge is -2.43. The van der Waals surface area contributed by atoms with Crippen molar-refractivity contribution in [3.63, 3.8) is 0 Å². The minimum atomic E-state index is -1.29. The molecule has 0 bridgehead atoms. The first-order valence-corrected chi connectivity index (χ1v) is 12.7. The Morgan fingerprint density at radius 1 is 1.11 bits per heavy atom. The molecule has 1 aromatic heterocycles. The van der Waals surface area contributed by atoms with Gasteiger partial charge in [-0.1, -0.05) is 32.1 Å². The lowest BCUT2D eigenvalue weighted by atomic mass is 9.91. The number of nitrogens with one attached hydrogen (secondary N) is 1. The molecular weight excluding hydrogens is 464 g/mol. The number of carbonyl (C=O) groups is 3. The summed E-state index contributed by atoms with van der Waals surface area (Å²) in [6.07, 6.45) is 7.53. The van der Waals surface area contributed by atoms with E-state index in [9.17, 15) is 14.4 Å². The van der Waals surface area contributed by atoms with Gasteiger partial charge in [0.15, 0.2) is 17.2 Å². The Morgan fingerprint density at radius 3 is 2.58 bits per heavy atom. The highest BCUT2D eigenvalue weighted by Crippen LogP contribution is 2.40. The van der Waals surface area contributed by atoms with E-state index in [4.69, 9.17) is 14.2 Å². The van der Waals surface area contributed by atoms with Gasteiger partial charge in [0.1, 0.15) is 11.2 Å². The van der Waals surface area contributed by atoms with Gasteiger partial charge in [0, 0.05) is 23.9 Å². The van der Waals surface area contributed by atoms with Gasteiger partial charge in [0.25, 0.3) is 5.91 Å². The van der Waals surface area contributed by atoms with Gasteiger partial charge in [-0.25, -0.2) is 4.79 Å². The van der Waals surface area contributed by atoms with Crippen LogP contribution >= 0.6 is 0 Å². The molecule has 0 saturated heterocycles. The Bertz CT molecular complexity index is 1170. The molecule has 1 unspecified atom stereocenters. The molecule has 3 heterocycles. The van der Waals surface area contributed by atoms with Gasteiger partial charge in [-0.15, -0.1) is 0 Å². The lowest BCUT2D eigenvalue weighted by molar-refractivity contribution is -0.127. The van der Waals surface area contributed by atoms with Crippen LogP contribution in [0.3, 0.4) is 0 Å². The van der Waals surface area contributed by atoms with Crippen LogP contribution in [0, 0.1) is 0 Å². The van der Waals surface area contributed by atoms with Gasteiger partial charge in [-0.3, -0.25) is 19.2 Å². The molecule has 1 N–H and O–H groups in total. The second-order valence-corrected chi connectivity index (χ2v) is 9.76. The second kappa shape index (κ2) is 9.83. The first-order chi connectivity index (χ1) is 17.4. The Hall–Kier alpha value is -3.56. The molecule has 1 atom stereocenters. The van der Waals surface area contributed by atoms with E-state index in [1.165, 1.54) is 34.9 Å². The molecule has 10 nitrogen and oxygen atoms in total. The van der Waals surface area contributed by atoms with Gasteiger partial charge in [0.05, 0.1) is 13.2 Å². The summed E-state index contributed by atoms with van der Waals surface area (Å²) in [6, 6.07) is 6.66. The van der Waals surface area contributed by atoms with Crippen molar-refractivity contribution in [2.24, 2.45) is 0 Å². The van der Waals surface area contributed by atoms with E-state index in [-0.39, 0.29) is 43.3 Å². The summed E-state index contributed by atoms with van der Waals surface area (Å²) in [4.78, 5) is 41.6. The van der Waals surface area contributed by atoms with Gasteiger partial charge >= 0.3 is 5.97 Å². The fourth-order valence-electron chi connectivity index (χ4n) is 5.26. The molecule has 0 radical (unpaired) electrons. The first kappa shape index (κ1) is 24.1. The van der Waals surface area contributed by atoms with E-state index in [0.29, 0.717) is 17.2 Å². The maximum Gasteiger partial charge on any atom is 0.358 e. The number of benzene rings is 1. The van der Waals surface area contributed by atoms with Gasteiger partial charge in [-0.05, 0) is 38.8 Å². The number of nitrogens with zero attached hydrogens (tertiary/aromatic N) is 3. The van der Waals surface area contributed by atoms with Crippen LogP contribution in [-0.2, 0) is 16.1 Å². The number of esters is 1. The molecule has 192 valence electrons.